The van der Waals surface area contributed by atoms with Crippen LogP contribution in [-0.2, 0) is 16.4 Å². The average Bonchev–Trinajstić information content (AvgIpc) is 2.48. The molecule has 4 nitrogen and oxygen atoms in total. The molecule has 0 saturated carbocycles. The summed E-state index contributed by atoms with van der Waals surface area (Å²) in [6.07, 6.45) is 1.70. The Morgan fingerprint density at radius 3 is 2.70 bits per heavy atom. The Hall–Kier alpha value is -1.37. The highest BCUT2D eigenvalue weighted by Gasteiger charge is 2.14. The smallest absolute Gasteiger partial charge is 0.179 e. The van der Waals surface area contributed by atoms with Gasteiger partial charge >= 0.3 is 0 Å². The Kier molecular flexibility index (Phi) is 5.17. The van der Waals surface area contributed by atoms with E-state index in [1.165, 1.54) is 11.8 Å². The minimum Gasteiger partial charge on any atom is -0.326 e. The van der Waals surface area contributed by atoms with Gasteiger partial charge in [0.1, 0.15) is 0 Å². The lowest BCUT2D eigenvalue weighted by Gasteiger charge is -2.06. The molecule has 0 fully saturated rings. The van der Waals surface area contributed by atoms with Gasteiger partial charge in [0.05, 0.1) is 15.7 Å². The van der Waals surface area contributed by atoms with E-state index in [-0.39, 0.29) is 5.75 Å². The molecule has 2 N–H and O–H groups in total. The van der Waals surface area contributed by atoms with E-state index in [1.807, 2.05) is 24.3 Å². The molecule has 1 aromatic heterocycles. The van der Waals surface area contributed by atoms with E-state index in [1.54, 1.807) is 24.4 Å². The highest BCUT2D eigenvalue weighted by molar-refractivity contribution is 8.00. The van der Waals surface area contributed by atoms with Crippen LogP contribution < -0.4 is 5.73 Å². The SMILES string of the molecule is NCc1cccc(S(=O)(=O)CCSc2ccccn2)c1. The maximum atomic E-state index is 12.2. The van der Waals surface area contributed by atoms with Crippen LogP contribution in [0.5, 0.6) is 0 Å². The van der Waals surface area contributed by atoms with E-state index in [0.29, 0.717) is 17.2 Å². The number of hydrogen-bond acceptors (Lipinski definition) is 5. The molecule has 1 heterocycles. The van der Waals surface area contributed by atoms with Crippen molar-refractivity contribution in [2.75, 3.05) is 11.5 Å². The van der Waals surface area contributed by atoms with E-state index in [9.17, 15) is 8.42 Å². The van der Waals surface area contributed by atoms with Crippen molar-refractivity contribution >= 4 is 21.6 Å². The van der Waals surface area contributed by atoms with E-state index < -0.39 is 9.84 Å². The lowest BCUT2D eigenvalue weighted by atomic mass is 10.2. The van der Waals surface area contributed by atoms with Crippen LogP contribution in [0, 0.1) is 0 Å². The summed E-state index contributed by atoms with van der Waals surface area (Å²) in [4.78, 5) is 4.49. The van der Waals surface area contributed by atoms with Crippen molar-refractivity contribution in [2.24, 2.45) is 5.73 Å². The molecule has 6 heteroatoms. The zero-order valence-electron chi connectivity index (χ0n) is 10.9. The zero-order valence-corrected chi connectivity index (χ0v) is 12.5. The van der Waals surface area contributed by atoms with Gasteiger partial charge in [-0.15, -0.1) is 11.8 Å². The maximum Gasteiger partial charge on any atom is 0.179 e. The number of nitrogens with two attached hydrogens (primary N) is 1. The maximum absolute atomic E-state index is 12.2. The van der Waals surface area contributed by atoms with E-state index >= 15 is 0 Å². The quantitative estimate of drug-likeness (QED) is 0.827. The average molecular weight is 308 g/mol. The molecule has 0 unspecified atom stereocenters. The third-order valence-electron chi connectivity index (χ3n) is 2.73. The molecule has 0 spiro atoms. The van der Waals surface area contributed by atoms with E-state index in [0.717, 1.165) is 10.6 Å². The fraction of sp³-hybridized carbons (Fsp3) is 0.214. The molecule has 0 aliphatic rings. The molecule has 0 bridgehead atoms. The van der Waals surface area contributed by atoms with Crippen molar-refractivity contribution in [2.45, 2.75) is 16.5 Å². The van der Waals surface area contributed by atoms with Crippen LogP contribution in [0.25, 0.3) is 0 Å². The Labute approximate surface area is 123 Å². The number of hydrogen-bond donors (Lipinski definition) is 1. The normalized spacial score (nSPS) is 11.4. The predicted octanol–water partition coefficient (Wildman–Crippen LogP) is 2.11. The van der Waals surface area contributed by atoms with Gasteiger partial charge in [0, 0.05) is 18.5 Å². The van der Waals surface area contributed by atoms with Crippen molar-refractivity contribution in [3.8, 4) is 0 Å². The Bertz CT molecular complexity index is 658. The van der Waals surface area contributed by atoms with E-state index in [4.69, 9.17) is 5.73 Å². The summed E-state index contributed by atoms with van der Waals surface area (Å²) in [7, 11) is -3.27. The van der Waals surface area contributed by atoms with Crippen LogP contribution in [0.2, 0.25) is 0 Å². The predicted molar refractivity (Wildman–Crippen MR) is 81.3 cm³/mol. The van der Waals surface area contributed by atoms with Gasteiger partial charge in [-0.25, -0.2) is 13.4 Å². The molecule has 2 aromatic rings. The molecular weight excluding hydrogens is 292 g/mol. The molecule has 0 radical (unpaired) electrons. The van der Waals surface area contributed by atoms with Crippen LogP contribution in [0.4, 0.5) is 0 Å². The van der Waals surface area contributed by atoms with E-state index in [2.05, 4.69) is 4.98 Å². The van der Waals surface area contributed by atoms with Gasteiger partial charge in [0.25, 0.3) is 0 Å². The molecule has 106 valence electrons. The second kappa shape index (κ2) is 6.88. The number of pyridine rings is 1. The third-order valence-corrected chi connectivity index (χ3v) is 5.65. The van der Waals surface area contributed by atoms with Gasteiger partial charge in [-0.3, -0.25) is 0 Å². The molecule has 1 aromatic carbocycles. The van der Waals surface area contributed by atoms with Crippen LogP contribution >= 0.6 is 11.8 Å². The first-order valence-electron chi connectivity index (χ1n) is 6.17. The summed E-state index contributed by atoms with van der Waals surface area (Å²) in [5.74, 6) is 0.564. The molecule has 0 atom stereocenters. The minimum atomic E-state index is -3.27. The molecule has 0 aliphatic carbocycles. The second-order valence-corrected chi connectivity index (χ2v) is 7.41. The summed E-state index contributed by atoms with van der Waals surface area (Å²) in [5.41, 5.74) is 6.35. The van der Waals surface area contributed by atoms with Crippen molar-refractivity contribution in [3.63, 3.8) is 0 Å². The Balaban J connectivity index is 2.00. The standard InChI is InChI=1S/C14H16N2O2S2/c15-11-12-4-3-5-13(10-12)20(17,18)9-8-19-14-6-1-2-7-16-14/h1-7,10H,8-9,11,15H2. The first-order valence-corrected chi connectivity index (χ1v) is 8.81. The summed E-state index contributed by atoms with van der Waals surface area (Å²) in [6, 6.07) is 12.4. The van der Waals surface area contributed by atoms with Crippen LogP contribution in [0.3, 0.4) is 0 Å². The molecule has 20 heavy (non-hydrogen) atoms. The van der Waals surface area contributed by atoms with Gasteiger partial charge in [-0.1, -0.05) is 18.2 Å². The number of thioether (sulfide) groups is 1. The van der Waals surface area contributed by atoms with Crippen LogP contribution in [0.15, 0.2) is 58.6 Å². The van der Waals surface area contributed by atoms with Crippen molar-refractivity contribution in [3.05, 3.63) is 54.2 Å². The topological polar surface area (TPSA) is 73.1 Å². The molecular formula is C14H16N2O2S2. The van der Waals surface area contributed by atoms with Crippen LogP contribution in [0.1, 0.15) is 5.56 Å². The third kappa shape index (κ3) is 4.06. The zero-order chi connectivity index (χ0) is 14.4. The number of sulfone groups is 1. The van der Waals surface area contributed by atoms with Gasteiger partial charge in [-0.05, 0) is 29.8 Å². The molecule has 0 aliphatic heterocycles. The summed E-state index contributed by atoms with van der Waals surface area (Å²) < 4.78 is 24.4. The second-order valence-electron chi connectivity index (χ2n) is 4.19. The van der Waals surface area contributed by atoms with Gasteiger partial charge in [0.15, 0.2) is 9.84 Å². The highest BCUT2D eigenvalue weighted by atomic mass is 32.2. The summed E-state index contributed by atoms with van der Waals surface area (Å²) in [5, 5.41) is 0.832. The highest BCUT2D eigenvalue weighted by Crippen LogP contribution is 2.18. The van der Waals surface area contributed by atoms with Crippen molar-refractivity contribution < 1.29 is 8.42 Å². The molecule has 0 amide bonds. The Morgan fingerprint density at radius 1 is 1.15 bits per heavy atom. The number of benzene rings is 1. The molecule has 2 rings (SSSR count). The summed E-state index contributed by atoms with van der Waals surface area (Å²) in [6.45, 7) is 0.339. The lowest BCUT2D eigenvalue weighted by molar-refractivity contribution is 0.597. The lowest BCUT2D eigenvalue weighted by Crippen LogP contribution is -2.10. The van der Waals surface area contributed by atoms with Gasteiger partial charge in [0.2, 0.25) is 0 Å². The first-order chi connectivity index (χ1) is 9.62. The largest absolute Gasteiger partial charge is 0.326 e. The fourth-order valence-corrected chi connectivity index (χ4v) is 4.26. The Morgan fingerprint density at radius 2 is 2.00 bits per heavy atom. The molecule has 0 saturated heterocycles. The monoisotopic (exact) mass is 308 g/mol. The van der Waals surface area contributed by atoms with Crippen molar-refractivity contribution in [1.29, 1.82) is 0 Å². The summed E-state index contributed by atoms with van der Waals surface area (Å²) >= 11 is 1.44. The van der Waals surface area contributed by atoms with Gasteiger partial charge in [-0.2, -0.15) is 0 Å². The number of aromatic nitrogens is 1. The van der Waals surface area contributed by atoms with Crippen LogP contribution in [-0.4, -0.2) is 24.9 Å². The van der Waals surface area contributed by atoms with Crippen molar-refractivity contribution in [1.82, 2.24) is 4.98 Å². The minimum absolute atomic E-state index is 0.0856. The number of nitrogens with zero attached hydrogens (tertiary/aromatic N) is 1. The van der Waals surface area contributed by atoms with Gasteiger partial charge < -0.3 is 5.73 Å². The fourth-order valence-electron chi connectivity index (χ4n) is 1.67. The first kappa shape index (κ1) is 15.0. The number of rotatable bonds is 6.